The molecule has 0 spiro atoms. The molecule has 3 heteroatoms. The fourth-order valence-corrected chi connectivity index (χ4v) is 2.54. The lowest BCUT2D eigenvalue weighted by atomic mass is 10.1. The Hall–Kier alpha value is -1.22. The molecule has 1 aromatic carbocycles. The molecule has 2 rings (SSSR count). The maximum Gasteiger partial charge on any atom is 0.0604 e. The van der Waals surface area contributed by atoms with Crippen molar-refractivity contribution in [3.05, 3.63) is 24.3 Å². The average Bonchev–Trinajstić information content (AvgIpc) is 2.34. The molecule has 1 N–H and O–H groups in total. The van der Waals surface area contributed by atoms with Gasteiger partial charge < -0.3 is 15.1 Å². The molecule has 1 unspecified atom stereocenters. The third-order valence-electron chi connectivity index (χ3n) is 3.42. The Labute approximate surface area is 104 Å². The Balaban J connectivity index is 2.13. The highest BCUT2D eigenvalue weighted by atomic mass is 15.2. The summed E-state index contributed by atoms with van der Waals surface area (Å²) in [4.78, 5) is 4.85. The number of fused-ring (bicyclic) bond motifs is 1. The lowest BCUT2D eigenvalue weighted by molar-refractivity contribution is 0.525. The molecular weight excluding hydrogens is 210 g/mol. The van der Waals surface area contributed by atoms with E-state index in [9.17, 15) is 0 Å². The van der Waals surface area contributed by atoms with Crippen molar-refractivity contribution in [3.63, 3.8) is 0 Å². The number of hydrogen-bond donors (Lipinski definition) is 1. The summed E-state index contributed by atoms with van der Waals surface area (Å²) in [5.41, 5.74) is 2.74. The minimum absolute atomic E-state index is 0.677. The van der Waals surface area contributed by atoms with E-state index in [1.54, 1.807) is 0 Å². The standard InChI is InChI=1S/C14H23N3/c1-12(10-15-2)11-17-9-8-16(3)13-6-4-5-7-14(13)17/h4-7,12,15H,8-11H2,1-3H3. The highest BCUT2D eigenvalue weighted by molar-refractivity contribution is 5.73. The van der Waals surface area contributed by atoms with Crippen molar-refractivity contribution >= 4 is 11.4 Å². The van der Waals surface area contributed by atoms with Crippen LogP contribution in [-0.2, 0) is 0 Å². The molecule has 17 heavy (non-hydrogen) atoms. The van der Waals surface area contributed by atoms with E-state index in [2.05, 4.69) is 53.4 Å². The number of benzene rings is 1. The van der Waals surface area contributed by atoms with Crippen molar-refractivity contribution in [2.45, 2.75) is 6.92 Å². The van der Waals surface area contributed by atoms with Gasteiger partial charge in [-0.15, -0.1) is 0 Å². The van der Waals surface area contributed by atoms with Crippen molar-refractivity contribution in [2.24, 2.45) is 5.92 Å². The topological polar surface area (TPSA) is 18.5 Å². The third-order valence-corrected chi connectivity index (χ3v) is 3.42. The van der Waals surface area contributed by atoms with Crippen LogP contribution in [0.5, 0.6) is 0 Å². The minimum Gasteiger partial charge on any atom is -0.371 e. The Kier molecular flexibility index (Phi) is 3.89. The van der Waals surface area contributed by atoms with Crippen LogP contribution in [0.15, 0.2) is 24.3 Å². The summed E-state index contributed by atoms with van der Waals surface area (Å²) in [6.07, 6.45) is 0. The summed E-state index contributed by atoms with van der Waals surface area (Å²) < 4.78 is 0. The zero-order valence-corrected chi connectivity index (χ0v) is 11.1. The number of para-hydroxylation sites is 2. The highest BCUT2D eigenvalue weighted by Gasteiger charge is 2.20. The first kappa shape index (κ1) is 12.2. The van der Waals surface area contributed by atoms with E-state index < -0.39 is 0 Å². The Morgan fingerprint density at radius 3 is 2.65 bits per heavy atom. The van der Waals surface area contributed by atoms with Crippen LogP contribution in [0.3, 0.4) is 0 Å². The molecule has 94 valence electrons. The summed E-state index contributed by atoms with van der Waals surface area (Å²) in [7, 11) is 4.20. The molecule has 1 heterocycles. The quantitative estimate of drug-likeness (QED) is 0.855. The average molecular weight is 233 g/mol. The largest absolute Gasteiger partial charge is 0.371 e. The van der Waals surface area contributed by atoms with Gasteiger partial charge in [0.2, 0.25) is 0 Å². The van der Waals surface area contributed by atoms with E-state index in [0.29, 0.717) is 5.92 Å². The van der Waals surface area contributed by atoms with Crippen molar-refractivity contribution in [1.29, 1.82) is 0 Å². The van der Waals surface area contributed by atoms with Gasteiger partial charge in [-0.2, -0.15) is 0 Å². The maximum atomic E-state index is 3.25. The fourth-order valence-electron chi connectivity index (χ4n) is 2.54. The Morgan fingerprint density at radius 1 is 1.24 bits per heavy atom. The molecule has 1 aliphatic rings. The van der Waals surface area contributed by atoms with Crippen LogP contribution in [0.2, 0.25) is 0 Å². The maximum absolute atomic E-state index is 3.25. The molecule has 1 aliphatic heterocycles. The van der Waals surface area contributed by atoms with E-state index in [0.717, 1.165) is 26.2 Å². The summed E-state index contributed by atoms with van der Waals surface area (Å²) >= 11 is 0. The number of nitrogens with zero attached hydrogens (tertiary/aromatic N) is 2. The van der Waals surface area contributed by atoms with Gasteiger partial charge in [0.15, 0.2) is 0 Å². The summed E-state index contributed by atoms with van der Waals surface area (Å²) in [5, 5.41) is 3.25. The van der Waals surface area contributed by atoms with Crippen LogP contribution in [0.1, 0.15) is 6.92 Å². The van der Waals surface area contributed by atoms with E-state index >= 15 is 0 Å². The van der Waals surface area contributed by atoms with Gasteiger partial charge in [0.25, 0.3) is 0 Å². The smallest absolute Gasteiger partial charge is 0.0604 e. The van der Waals surface area contributed by atoms with Gasteiger partial charge in [-0.05, 0) is 31.6 Å². The van der Waals surface area contributed by atoms with Gasteiger partial charge in [-0.25, -0.2) is 0 Å². The van der Waals surface area contributed by atoms with Crippen molar-refractivity contribution < 1.29 is 0 Å². The number of anilines is 2. The third kappa shape index (κ3) is 2.72. The SMILES string of the molecule is CNCC(C)CN1CCN(C)c2ccccc21. The zero-order chi connectivity index (χ0) is 12.3. The molecule has 0 amide bonds. The van der Waals surface area contributed by atoms with Crippen LogP contribution in [0, 0.1) is 5.92 Å². The molecule has 1 aromatic rings. The Morgan fingerprint density at radius 2 is 1.94 bits per heavy atom. The number of rotatable bonds is 4. The first-order valence-electron chi connectivity index (χ1n) is 6.42. The van der Waals surface area contributed by atoms with E-state index in [4.69, 9.17) is 0 Å². The Bertz CT molecular complexity index is 364. The number of nitrogens with one attached hydrogen (secondary N) is 1. The molecule has 0 aliphatic carbocycles. The van der Waals surface area contributed by atoms with Crippen molar-refractivity contribution in [3.8, 4) is 0 Å². The highest BCUT2D eigenvalue weighted by Crippen LogP contribution is 2.31. The molecule has 0 fully saturated rings. The first-order chi connectivity index (χ1) is 8.22. The van der Waals surface area contributed by atoms with Gasteiger partial charge in [-0.1, -0.05) is 19.1 Å². The number of likely N-dealkylation sites (N-methyl/N-ethyl adjacent to an activating group) is 1. The van der Waals surface area contributed by atoms with E-state index in [1.165, 1.54) is 11.4 Å². The molecule has 0 saturated heterocycles. The van der Waals surface area contributed by atoms with Gasteiger partial charge in [0.1, 0.15) is 0 Å². The van der Waals surface area contributed by atoms with Gasteiger partial charge in [-0.3, -0.25) is 0 Å². The normalized spacial score (nSPS) is 16.9. The van der Waals surface area contributed by atoms with Crippen LogP contribution in [0.4, 0.5) is 11.4 Å². The van der Waals surface area contributed by atoms with Crippen LogP contribution in [-0.4, -0.2) is 40.3 Å². The molecule has 0 saturated carbocycles. The minimum atomic E-state index is 0.677. The summed E-state index contributed by atoms with van der Waals surface area (Å²) in [6.45, 7) is 6.75. The summed E-state index contributed by atoms with van der Waals surface area (Å²) in [6, 6.07) is 8.70. The summed E-state index contributed by atoms with van der Waals surface area (Å²) in [5.74, 6) is 0.677. The van der Waals surface area contributed by atoms with Gasteiger partial charge in [0, 0.05) is 26.7 Å². The van der Waals surface area contributed by atoms with Crippen LogP contribution in [0.25, 0.3) is 0 Å². The molecular formula is C14H23N3. The van der Waals surface area contributed by atoms with Crippen LogP contribution < -0.4 is 15.1 Å². The zero-order valence-electron chi connectivity index (χ0n) is 11.1. The van der Waals surface area contributed by atoms with Crippen LogP contribution >= 0.6 is 0 Å². The lowest BCUT2D eigenvalue weighted by Gasteiger charge is -2.38. The number of hydrogen-bond acceptors (Lipinski definition) is 3. The molecule has 0 bridgehead atoms. The monoisotopic (exact) mass is 233 g/mol. The predicted molar refractivity (Wildman–Crippen MR) is 75.0 cm³/mol. The van der Waals surface area contributed by atoms with E-state index in [1.807, 2.05) is 7.05 Å². The molecule has 3 nitrogen and oxygen atoms in total. The molecule has 0 radical (unpaired) electrons. The second-order valence-electron chi connectivity index (χ2n) is 5.02. The lowest BCUT2D eigenvalue weighted by Crippen LogP contribution is -2.42. The van der Waals surface area contributed by atoms with Crippen molar-refractivity contribution in [1.82, 2.24) is 5.32 Å². The first-order valence-corrected chi connectivity index (χ1v) is 6.42. The molecule has 0 aromatic heterocycles. The van der Waals surface area contributed by atoms with E-state index in [-0.39, 0.29) is 0 Å². The second-order valence-corrected chi connectivity index (χ2v) is 5.02. The van der Waals surface area contributed by atoms with Gasteiger partial charge in [0.05, 0.1) is 11.4 Å². The fraction of sp³-hybridized carbons (Fsp3) is 0.571. The predicted octanol–water partition coefficient (Wildman–Crippen LogP) is 1.80. The molecule has 1 atom stereocenters. The van der Waals surface area contributed by atoms with Gasteiger partial charge >= 0.3 is 0 Å². The van der Waals surface area contributed by atoms with Crippen molar-refractivity contribution in [2.75, 3.05) is 50.1 Å². The second kappa shape index (κ2) is 5.41.